The summed E-state index contributed by atoms with van der Waals surface area (Å²) in [6.45, 7) is 0.731. The van der Waals surface area contributed by atoms with Crippen LogP contribution in [0.2, 0.25) is 5.02 Å². The molecule has 1 aliphatic carbocycles. The molecule has 0 spiro atoms. The first-order valence-electron chi connectivity index (χ1n) is 10.8. The number of rotatable bonds is 8. The quantitative estimate of drug-likeness (QED) is 0.409. The zero-order valence-electron chi connectivity index (χ0n) is 18.0. The third-order valence-corrected chi connectivity index (χ3v) is 6.00. The van der Waals surface area contributed by atoms with Gasteiger partial charge in [0.15, 0.2) is 0 Å². The molecule has 5 nitrogen and oxygen atoms in total. The Balaban J connectivity index is 1.25. The van der Waals surface area contributed by atoms with Gasteiger partial charge < -0.3 is 15.2 Å². The minimum Gasteiger partial charge on any atom is -0.481 e. The Morgan fingerprint density at radius 3 is 2.30 bits per heavy atom. The van der Waals surface area contributed by atoms with Crippen molar-refractivity contribution >= 4 is 29.7 Å². The smallest absolute Gasteiger partial charge is 0.407 e. The average Bonchev–Trinajstić information content (AvgIpc) is 3.13. The summed E-state index contributed by atoms with van der Waals surface area (Å²) < 4.78 is 5.53. The van der Waals surface area contributed by atoms with E-state index in [0.29, 0.717) is 23.6 Å². The number of carboxylic acid groups (broad SMARTS) is 1. The lowest BCUT2D eigenvalue weighted by Gasteiger charge is -2.14. The highest BCUT2D eigenvalue weighted by molar-refractivity contribution is 6.31. The Morgan fingerprint density at radius 1 is 1.00 bits per heavy atom. The van der Waals surface area contributed by atoms with Crippen molar-refractivity contribution in [2.24, 2.45) is 0 Å². The van der Waals surface area contributed by atoms with Crippen LogP contribution in [0.3, 0.4) is 0 Å². The number of halogens is 1. The summed E-state index contributed by atoms with van der Waals surface area (Å²) in [6, 6.07) is 21.7. The van der Waals surface area contributed by atoms with E-state index in [9.17, 15) is 9.59 Å². The highest BCUT2D eigenvalue weighted by Crippen LogP contribution is 2.44. The van der Waals surface area contributed by atoms with Crippen molar-refractivity contribution in [1.29, 1.82) is 0 Å². The molecule has 0 aliphatic heterocycles. The summed E-state index contributed by atoms with van der Waals surface area (Å²) in [7, 11) is 0. The van der Waals surface area contributed by atoms with E-state index in [1.807, 2.05) is 42.5 Å². The number of benzene rings is 3. The number of fused-ring (bicyclic) bond motifs is 3. The molecule has 0 atom stereocenters. The van der Waals surface area contributed by atoms with Gasteiger partial charge in [0.25, 0.3) is 0 Å². The normalized spacial score (nSPS) is 12.4. The Bertz CT molecular complexity index is 1160. The van der Waals surface area contributed by atoms with Crippen LogP contribution in [0.4, 0.5) is 4.79 Å². The number of hydrogen-bond acceptors (Lipinski definition) is 3. The number of amides is 1. The van der Waals surface area contributed by atoms with Gasteiger partial charge >= 0.3 is 12.1 Å². The number of aliphatic carboxylic acids is 1. The Kier molecular flexibility index (Phi) is 7.10. The minimum atomic E-state index is -0.917. The summed E-state index contributed by atoms with van der Waals surface area (Å²) in [4.78, 5) is 23.0. The van der Waals surface area contributed by atoms with Crippen molar-refractivity contribution in [1.82, 2.24) is 5.32 Å². The number of hydrogen-bond donors (Lipinski definition) is 2. The number of carbonyl (C=O) groups excluding carboxylic acids is 1. The van der Waals surface area contributed by atoms with E-state index in [-0.39, 0.29) is 18.9 Å². The van der Waals surface area contributed by atoms with Gasteiger partial charge in [-0.05, 0) is 45.9 Å². The van der Waals surface area contributed by atoms with E-state index >= 15 is 0 Å². The summed E-state index contributed by atoms with van der Waals surface area (Å²) in [5.74, 6) is -0.878. The molecule has 0 heterocycles. The number of alkyl carbamates (subject to hydrolysis) is 1. The Hall–Kier alpha value is -3.57. The van der Waals surface area contributed by atoms with E-state index < -0.39 is 12.1 Å². The molecule has 0 fully saturated rings. The van der Waals surface area contributed by atoms with Gasteiger partial charge in [0.2, 0.25) is 0 Å². The fraction of sp³-hybridized carbons (Fsp3) is 0.185. The van der Waals surface area contributed by atoms with E-state index in [4.69, 9.17) is 21.4 Å². The van der Waals surface area contributed by atoms with Crippen LogP contribution in [0.5, 0.6) is 0 Å². The molecule has 6 heteroatoms. The van der Waals surface area contributed by atoms with Crippen molar-refractivity contribution < 1.29 is 19.4 Å². The fourth-order valence-corrected chi connectivity index (χ4v) is 4.36. The molecular weight excluding hydrogens is 438 g/mol. The van der Waals surface area contributed by atoms with Gasteiger partial charge in [-0.2, -0.15) is 0 Å². The van der Waals surface area contributed by atoms with Crippen molar-refractivity contribution in [3.05, 3.63) is 100 Å². The Labute approximate surface area is 197 Å². The van der Waals surface area contributed by atoms with E-state index in [2.05, 4.69) is 29.6 Å². The summed E-state index contributed by atoms with van der Waals surface area (Å²) in [6.07, 6.45) is 3.89. The molecule has 1 aliphatic rings. The number of ether oxygens (including phenoxy) is 1. The first-order chi connectivity index (χ1) is 16.0. The van der Waals surface area contributed by atoms with Gasteiger partial charge in [-0.15, -0.1) is 0 Å². The van der Waals surface area contributed by atoms with Crippen LogP contribution in [-0.2, 0) is 16.0 Å². The number of carbonyl (C=O) groups is 2. The first-order valence-corrected chi connectivity index (χ1v) is 11.2. The molecular formula is C27H24ClNO4. The second kappa shape index (κ2) is 10.4. The van der Waals surface area contributed by atoms with Gasteiger partial charge in [0, 0.05) is 17.5 Å². The molecule has 3 aromatic carbocycles. The zero-order valence-corrected chi connectivity index (χ0v) is 18.7. The topological polar surface area (TPSA) is 75.6 Å². The fourth-order valence-electron chi connectivity index (χ4n) is 4.10. The lowest BCUT2D eigenvalue weighted by atomic mass is 9.98. The molecule has 0 bridgehead atoms. The van der Waals surface area contributed by atoms with Crippen LogP contribution < -0.4 is 5.32 Å². The maximum absolute atomic E-state index is 12.2. The van der Waals surface area contributed by atoms with Crippen LogP contribution in [0.25, 0.3) is 17.2 Å². The van der Waals surface area contributed by atoms with Crippen LogP contribution >= 0.6 is 11.6 Å². The largest absolute Gasteiger partial charge is 0.481 e. The lowest BCUT2D eigenvalue weighted by Crippen LogP contribution is -2.26. The van der Waals surface area contributed by atoms with Crippen molar-refractivity contribution in [2.75, 3.05) is 13.2 Å². The summed E-state index contributed by atoms with van der Waals surface area (Å²) in [5.41, 5.74) is 6.21. The minimum absolute atomic E-state index is 0.0388. The maximum Gasteiger partial charge on any atom is 0.407 e. The SMILES string of the molecule is O=C(O)Cc1ccc(C=CCCNC(=O)OCC2c3ccccc3-c3ccccc32)cc1Cl. The van der Waals surface area contributed by atoms with Crippen molar-refractivity contribution in [2.45, 2.75) is 18.8 Å². The molecule has 0 radical (unpaired) electrons. The van der Waals surface area contributed by atoms with Crippen LogP contribution in [0.15, 0.2) is 72.8 Å². The predicted octanol–water partition coefficient (Wildman–Crippen LogP) is 5.91. The maximum atomic E-state index is 12.2. The molecule has 168 valence electrons. The highest BCUT2D eigenvalue weighted by Gasteiger charge is 2.28. The van der Waals surface area contributed by atoms with Crippen LogP contribution in [0, 0.1) is 0 Å². The molecule has 0 unspecified atom stereocenters. The standard InChI is InChI=1S/C27H24ClNO4/c28-25-15-18(12-13-19(25)16-26(30)31)7-5-6-14-29-27(32)33-17-24-22-10-3-1-8-20(22)21-9-2-4-11-23(21)24/h1-5,7-13,15,24H,6,14,16-17H2,(H,29,32)(H,30,31). The number of nitrogens with one attached hydrogen (secondary N) is 1. The zero-order chi connectivity index (χ0) is 23.2. The van der Waals surface area contributed by atoms with Crippen molar-refractivity contribution in [3.63, 3.8) is 0 Å². The third kappa shape index (κ3) is 5.44. The van der Waals surface area contributed by atoms with Gasteiger partial charge in [-0.1, -0.05) is 84.4 Å². The second-order valence-electron chi connectivity index (χ2n) is 7.86. The molecule has 0 aromatic heterocycles. The summed E-state index contributed by atoms with van der Waals surface area (Å²) in [5, 5.41) is 12.1. The average molecular weight is 462 g/mol. The van der Waals surface area contributed by atoms with E-state index in [1.54, 1.807) is 12.1 Å². The second-order valence-corrected chi connectivity index (χ2v) is 8.27. The monoisotopic (exact) mass is 461 g/mol. The molecule has 4 rings (SSSR count). The number of carboxylic acids is 1. The molecule has 0 saturated heterocycles. The molecule has 1 amide bonds. The molecule has 2 N–H and O–H groups in total. The van der Waals surface area contributed by atoms with Gasteiger partial charge in [-0.25, -0.2) is 4.79 Å². The van der Waals surface area contributed by atoms with E-state index in [1.165, 1.54) is 22.3 Å². The lowest BCUT2D eigenvalue weighted by molar-refractivity contribution is -0.136. The van der Waals surface area contributed by atoms with Gasteiger partial charge in [0.1, 0.15) is 6.61 Å². The Morgan fingerprint density at radius 2 is 1.67 bits per heavy atom. The molecule has 0 saturated carbocycles. The third-order valence-electron chi connectivity index (χ3n) is 5.65. The molecule has 3 aromatic rings. The summed E-state index contributed by atoms with van der Waals surface area (Å²) >= 11 is 6.14. The van der Waals surface area contributed by atoms with Gasteiger partial charge in [-0.3, -0.25) is 4.79 Å². The predicted molar refractivity (Wildman–Crippen MR) is 130 cm³/mol. The van der Waals surface area contributed by atoms with Gasteiger partial charge in [0.05, 0.1) is 6.42 Å². The van der Waals surface area contributed by atoms with E-state index in [0.717, 1.165) is 5.56 Å². The first kappa shape index (κ1) is 22.6. The van der Waals surface area contributed by atoms with Crippen molar-refractivity contribution in [3.8, 4) is 11.1 Å². The van der Waals surface area contributed by atoms with Crippen LogP contribution in [0.1, 0.15) is 34.6 Å². The molecule has 33 heavy (non-hydrogen) atoms. The van der Waals surface area contributed by atoms with Crippen LogP contribution in [-0.4, -0.2) is 30.3 Å². The highest BCUT2D eigenvalue weighted by atomic mass is 35.5.